The van der Waals surface area contributed by atoms with Crippen LogP contribution in [0.4, 0.5) is 0 Å². The van der Waals surface area contributed by atoms with Crippen LogP contribution in [0.2, 0.25) is 0 Å². The Morgan fingerprint density at radius 2 is 1.02 bits per heavy atom. The van der Waals surface area contributed by atoms with Crippen molar-refractivity contribution in [3.8, 4) is 62.1 Å². The van der Waals surface area contributed by atoms with E-state index in [-0.39, 0.29) is 5.41 Å². The van der Waals surface area contributed by atoms with E-state index < -0.39 is 0 Å². The van der Waals surface area contributed by atoms with Crippen LogP contribution < -0.4 is 0 Å². The van der Waals surface area contributed by atoms with Crippen LogP contribution in [0.15, 0.2) is 182 Å². The summed E-state index contributed by atoms with van der Waals surface area (Å²) in [5.41, 5.74) is 14.2. The first-order chi connectivity index (χ1) is 29.0. The van der Waals surface area contributed by atoms with Crippen molar-refractivity contribution >= 4 is 53.3 Å². The molecule has 4 nitrogen and oxygen atoms in total. The molecule has 278 valence electrons. The second kappa shape index (κ2) is 12.9. The number of nitrogens with zero attached hydrogens (tertiary/aromatic N) is 4. The number of rotatable bonds is 5. The third kappa shape index (κ3) is 5.18. The van der Waals surface area contributed by atoms with E-state index in [2.05, 4.69) is 164 Å². The normalized spacial score (nSPS) is 13.1. The number of aromatic nitrogens is 4. The van der Waals surface area contributed by atoms with Crippen LogP contribution in [0.25, 0.3) is 104 Å². The topological polar surface area (TPSA) is 43.6 Å². The van der Waals surface area contributed by atoms with Crippen LogP contribution in [0, 0.1) is 0 Å². The molecule has 0 saturated carbocycles. The molecule has 0 N–H and O–H groups in total. The van der Waals surface area contributed by atoms with Gasteiger partial charge in [0, 0.05) is 53.1 Å². The van der Waals surface area contributed by atoms with E-state index in [1.165, 1.54) is 75.7 Å². The monoisotopic (exact) mass is 772 g/mol. The predicted octanol–water partition coefficient (Wildman–Crippen LogP) is 14.3. The average Bonchev–Trinajstić information content (AvgIpc) is 3.92. The van der Waals surface area contributed by atoms with Gasteiger partial charge in [0.1, 0.15) is 0 Å². The van der Waals surface area contributed by atoms with E-state index in [4.69, 9.17) is 15.0 Å². The second-order valence-corrected chi connectivity index (χ2v) is 17.1. The zero-order valence-corrected chi connectivity index (χ0v) is 33.3. The third-order valence-corrected chi connectivity index (χ3v) is 13.4. The highest BCUT2D eigenvalue weighted by Crippen LogP contribution is 2.52. The second-order valence-electron chi connectivity index (χ2n) is 16.0. The van der Waals surface area contributed by atoms with Gasteiger partial charge in [-0.05, 0) is 75.8 Å². The van der Waals surface area contributed by atoms with Gasteiger partial charge in [-0.3, -0.25) is 0 Å². The van der Waals surface area contributed by atoms with Crippen molar-refractivity contribution in [2.24, 2.45) is 0 Å². The Kier molecular flexibility index (Phi) is 7.41. The number of hydrogen-bond acceptors (Lipinski definition) is 4. The Balaban J connectivity index is 1.03. The molecular formula is C54H36N4S. The molecule has 0 bridgehead atoms. The largest absolute Gasteiger partial charge is 0.309 e. The molecular weight excluding hydrogens is 737 g/mol. The lowest BCUT2D eigenvalue weighted by molar-refractivity contribution is 0.656. The summed E-state index contributed by atoms with van der Waals surface area (Å²) in [6, 6.07) is 65.3. The maximum absolute atomic E-state index is 5.13. The van der Waals surface area contributed by atoms with Crippen molar-refractivity contribution in [3.05, 3.63) is 193 Å². The van der Waals surface area contributed by atoms with Gasteiger partial charge in [0.05, 0.1) is 16.7 Å². The first-order valence-corrected chi connectivity index (χ1v) is 20.9. The summed E-state index contributed by atoms with van der Waals surface area (Å²) in [6.07, 6.45) is 0. The van der Waals surface area contributed by atoms with Gasteiger partial charge in [-0.2, -0.15) is 0 Å². The van der Waals surface area contributed by atoms with Crippen LogP contribution in [-0.4, -0.2) is 19.5 Å². The van der Waals surface area contributed by atoms with Gasteiger partial charge in [-0.25, -0.2) is 15.0 Å². The maximum atomic E-state index is 5.13. The first kappa shape index (κ1) is 33.9. The first-order valence-electron chi connectivity index (χ1n) is 20.1. The van der Waals surface area contributed by atoms with Gasteiger partial charge >= 0.3 is 0 Å². The molecule has 1 aliphatic carbocycles. The summed E-state index contributed by atoms with van der Waals surface area (Å²) in [4.78, 5) is 15.2. The molecule has 0 unspecified atom stereocenters. The zero-order chi connectivity index (χ0) is 39.2. The lowest BCUT2D eigenvalue weighted by Crippen LogP contribution is -2.17. The fourth-order valence-corrected chi connectivity index (χ4v) is 10.7. The molecule has 3 aromatic heterocycles. The van der Waals surface area contributed by atoms with E-state index in [0.29, 0.717) is 17.5 Å². The minimum Gasteiger partial charge on any atom is -0.309 e. The summed E-state index contributed by atoms with van der Waals surface area (Å²) in [5, 5.41) is 4.85. The van der Waals surface area contributed by atoms with E-state index in [9.17, 15) is 0 Å². The molecule has 0 atom stereocenters. The highest BCUT2D eigenvalue weighted by Gasteiger charge is 2.38. The minimum atomic E-state index is -0.134. The zero-order valence-electron chi connectivity index (χ0n) is 32.5. The number of fused-ring (bicyclic) bond motifs is 9. The third-order valence-electron chi connectivity index (χ3n) is 12.2. The van der Waals surface area contributed by atoms with Crippen molar-refractivity contribution in [1.29, 1.82) is 0 Å². The van der Waals surface area contributed by atoms with Crippen LogP contribution >= 0.6 is 11.3 Å². The molecule has 5 heteroatoms. The molecule has 0 aliphatic heterocycles. The Bertz CT molecular complexity index is 3410. The highest BCUT2D eigenvalue weighted by molar-refractivity contribution is 7.26. The standard InChI is InChI=1S/C54H36N4S/c1-54(2)43-23-11-9-19-37(43)39-21-13-25-46(50(39)54)58-44-24-12-10-20-38(44)41-31-35(27-29-45(41)58)36-28-30-47-42(32-36)49-40(22-14-26-48(49)59-47)53-56-51(33-15-5-3-6-16-33)55-52(57-53)34-17-7-4-8-18-34/h3-32H,1-2H3. The molecule has 0 spiro atoms. The Hall–Kier alpha value is -7.21. The lowest BCUT2D eigenvalue weighted by Gasteiger charge is -2.25. The van der Waals surface area contributed by atoms with Crippen LogP contribution in [0.3, 0.4) is 0 Å². The SMILES string of the molecule is CC1(C)c2ccccc2-c2cccc(-n3c4ccccc4c4cc(-c5ccc6sc7cccc(-c8nc(-c9ccccc9)nc(-c9ccccc9)n8)c7c6c5)ccc43)c21. The maximum Gasteiger partial charge on any atom is 0.164 e. The fraction of sp³-hybridized carbons (Fsp3) is 0.0556. The van der Waals surface area contributed by atoms with Crippen LogP contribution in [0.5, 0.6) is 0 Å². The summed E-state index contributed by atoms with van der Waals surface area (Å²) >= 11 is 1.81. The molecule has 12 rings (SSSR count). The molecule has 59 heavy (non-hydrogen) atoms. The van der Waals surface area contributed by atoms with Gasteiger partial charge in [0.25, 0.3) is 0 Å². The lowest BCUT2D eigenvalue weighted by atomic mass is 9.81. The molecule has 3 heterocycles. The van der Waals surface area contributed by atoms with E-state index in [1.54, 1.807) is 0 Å². The van der Waals surface area contributed by atoms with Crippen LogP contribution in [0.1, 0.15) is 25.0 Å². The number of benzene rings is 8. The van der Waals surface area contributed by atoms with Crippen molar-refractivity contribution < 1.29 is 0 Å². The Morgan fingerprint density at radius 3 is 1.80 bits per heavy atom. The van der Waals surface area contributed by atoms with Crippen LogP contribution in [-0.2, 0) is 5.41 Å². The molecule has 8 aromatic carbocycles. The van der Waals surface area contributed by atoms with Gasteiger partial charge in [0.15, 0.2) is 17.5 Å². The van der Waals surface area contributed by atoms with Crippen molar-refractivity contribution in [2.75, 3.05) is 0 Å². The van der Waals surface area contributed by atoms with Crippen molar-refractivity contribution in [3.63, 3.8) is 0 Å². The Morgan fingerprint density at radius 1 is 0.424 bits per heavy atom. The quantitative estimate of drug-likeness (QED) is 0.175. The summed E-state index contributed by atoms with van der Waals surface area (Å²) in [6.45, 7) is 4.74. The van der Waals surface area contributed by atoms with Gasteiger partial charge in [0.2, 0.25) is 0 Å². The molecule has 0 saturated heterocycles. The van der Waals surface area contributed by atoms with E-state index in [0.717, 1.165) is 22.1 Å². The summed E-state index contributed by atoms with van der Waals surface area (Å²) in [5.74, 6) is 1.99. The summed E-state index contributed by atoms with van der Waals surface area (Å²) in [7, 11) is 0. The number of thiophene rings is 1. The van der Waals surface area contributed by atoms with Crippen molar-refractivity contribution in [1.82, 2.24) is 19.5 Å². The molecule has 11 aromatic rings. The summed E-state index contributed by atoms with van der Waals surface area (Å²) < 4.78 is 4.93. The van der Waals surface area contributed by atoms with Gasteiger partial charge < -0.3 is 4.57 Å². The molecule has 1 aliphatic rings. The molecule has 0 radical (unpaired) electrons. The molecule has 0 amide bonds. The average molecular weight is 773 g/mol. The van der Waals surface area contributed by atoms with Crippen molar-refractivity contribution in [2.45, 2.75) is 19.3 Å². The predicted molar refractivity (Wildman–Crippen MR) is 246 cm³/mol. The number of para-hydroxylation sites is 1. The van der Waals surface area contributed by atoms with E-state index in [1.807, 2.05) is 47.7 Å². The molecule has 0 fully saturated rings. The smallest absolute Gasteiger partial charge is 0.164 e. The Labute approximate surface area is 345 Å². The minimum absolute atomic E-state index is 0.134. The highest BCUT2D eigenvalue weighted by atomic mass is 32.1. The number of hydrogen-bond donors (Lipinski definition) is 0. The fourth-order valence-electron chi connectivity index (χ4n) is 9.54. The van der Waals surface area contributed by atoms with E-state index >= 15 is 0 Å². The van der Waals surface area contributed by atoms with Gasteiger partial charge in [-0.1, -0.05) is 153 Å². The van der Waals surface area contributed by atoms with Gasteiger partial charge in [-0.15, -0.1) is 11.3 Å².